The average molecular weight is 654 g/mol. The van der Waals surface area contributed by atoms with E-state index in [1.54, 1.807) is 12.2 Å². The summed E-state index contributed by atoms with van der Waals surface area (Å²) in [5.41, 5.74) is 0.673. The summed E-state index contributed by atoms with van der Waals surface area (Å²) in [5, 5.41) is 31.4. The fraction of sp³-hybridized carbons (Fsp3) is 0.541. The highest BCUT2D eigenvalue weighted by atomic mass is 16.5. The predicted molar refractivity (Wildman–Crippen MR) is 179 cm³/mol. The predicted octanol–water partition coefficient (Wildman–Crippen LogP) is 6.90. The summed E-state index contributed by atoms with van der Waals surface area (Å²) in [5.74, 6) is -6.93. The number of carbonyl (C=O) groups is 5. The minimum Gasteiger partial charge on any atom is -0.486 e. The van der Waals surface area contributed by atoms with E-state index in [0.717, 1.165) is 38.5 Å². The van der Waals surface area contributed by atoms with Crippen LogP contribution < -0.4 is 10.1 Å². The van der Waals surface area contributed by atoms with Gasteiger partial charge in [0, 0.05) is 25.7 Å². The summed E-state index contributed by atoms with van der Waals surface area (Å²) in [6.45, 7) is 2.16. The molecule has 4 atom stereocenters. The van der Waals surface area contributed by atoms with Gasteiger partial charge in [-0.3, -0.25) is 19.2 Å². The van der Waals surface area contributed by atoms with Crippen LogP contribution in [0.3, 0.4) is 0 Å². The fourth-order valence-corrected chi connectivity index (χ4v) is 5.45. The highest BCUT2D eigenvalue weighted by Gasteiger charge is 2.35. The number of unbranched alkanes of at least 4 members (excludes halogenated alkanes) is 8. The number of ketones is 1. The molecule has 0 saturated heterocycles. The number of carbonyl (C=O) groups excluding carboxylic acids is 2. The molecular formula is C37H51NO9. The van der Waals surface area contributed by atoms with Crippen LogP contribution in [-0.2, 0) is 24.0 Å². The molecule has 2 unspecified atom stereocenters. The summed E-state index contributed by atoms with van der Waals surface area (Å²) in [6, 6.07) is 7.93. The van der Waals surface area contributed by atoms with Gasteiger partial charge in [0.05, 0.1) is 18.3 Å². The molecule has 1 aliphatic rings. The van der Waals surface area contributed by atoms with Crippen molar-refractivity contribution in [1.82, 2.24) is 5.32 Å². The molecule has 0 spiro atoms. The number of carboxylic acid groups (broad SMARTS) is 3. The van der Waals surface area contributed by atoms with Gasteiger partial charge in [-0.05, 0) is 49.5 Å². The lowest BCUT2D eigenvalue weighted by molar-refractivity contribution is -0.152. The number of aliphatic carboxylic acids is 3. The van der Waals surface area contributed by atoms with Crippen molar-refractivity contribution in [1.29, 1.82) is 0 Å². The zero-order valence-corrected chi connectivity index (χ0v) is 27.5. The molecule has 47 heavy (non-hydrogen) atoms. The third-order valence-corrected chi connectivity index (χ3v) is 8.15. The van der Waals surface area contributed by atoms with Crippen LogP contribution in [0, 0.1) is 11.8 Å². The first-order valence-electron chi connectivity index (χ1n) is 16.9. The first-order valence-corrected chi connectivity index (χ1v) is 16.9. The van der Waals surface area contributed by atoms with E-state index < -0.39 is 48.1 Å². The fourth-order valence-electron chi connectivity index (χ4n) is 5.45. The molecule has 258 valence electrons. The number of Topliss-reactive ketones (excluding diaryl/α,β-unsaturated/α-hetero) is 1. The van der Waals surface area contributed by atoms with Gasteiger partial charge >= 0.3 is 17.9 Å². The molecule has 4 N–H and O–H groups in total. The Bertz CT molecular complexity index is 1240. The van der Waals surface area contributed by atoms with Gasteiger partial charge in [0.15, 0.2) is 0 Å². The molecule has 2 rings (SSSR count). The molecule has 0 bridgehead atoms. The number of carboxylic acids is 3. The van der Waals surface area contributed by atoms with Crippen LogP contribution in [-0.4, -0.2) is 57.1 Å². The second kappa shape index (κ2) is 22.3. The maximum atomic E-state index is 13.3. The van der Waals surface area contributed by atoms with E-state index >= 15 is 0 Å². The minimum absolute atomic E-state index is 0.0376. The van der Waals surface area contributed by atoms with Gasteiger partial charge in [0.1, 0.15) is 23.7 Å². The quantitative estimate of drug-likeness (QED) is 0.0648. The largest absolute Gasteiger partial charge is 0.486 e. The topological polar surface area (TPSA) is 167 Å². The van der Waals surface area contributed by atoms with E-state index in [9.17, 15) is 39.3 Å². The number of nitrogens with one attached hydrogen (secondary N) is 1. The number of ether oxygens (including phenoxy) is 1. The van der Waals surface area contributed by atoms with E-state index in [1.807, 2.05) is 42.5 Å². The normalized spacial score (nSPS) is 16.2. The first kappa shape index (κ1) is 39.0. The number of para-hydroxylation sites is 1. The smallest absolute Gasteiger partial charge is 0.326 e. The Morgan fingerprint density at radius 3 is 2.13 bits per heavy atom. The van der Waals surface area contributed by atoms with Crippen molar-refractivity contribution in [3.05, 3.63) is 66.3 Å². The molecule has 1 amide bonds. The van der Waals surface area contributed by atoms with Gasteiger partial charge in [0.25, 0.3) is 0 Å². The Morgan fingerprint density at radius 2 is 1.55 bits per heavy atom. The summed E-state index contributed by atoms with van der Waals surface area (Å²) >= 11 is 0. The van der Waals surface area contributed by atoms with Gasteiger partial charge in [-0.25, -0.2) is 4.79 Å². The molecule has 1 aromatic rings. The lowest BCUT2D eigenvalue weighted by atomic mass is 9.87. The third-order valence-electron chi connectivity index (χ3n) is 8.15. The molecule has 10 nitrogen and oxygen atoms in total. The van der Waals surface area contributed by atoms with Crippen LogP contribution in [0.25, 0.3) is 0 Å². The molecule has 0 fully saturated rings. The van der Waals surface area contributed by atoms with Gasteiger partial charge in [-0.1, -0.05) is 88.0 Å². The zero-order valence-electron chi connectivity index (χ0n) is 27.5. The van der Waals surface area contributed by atoms with E-state index in [-0.39, 0.29) is 12.5 Å². The van der Waals surface area contributed by atoms with Gasteiger partial charge in [0.2, 0.25) is 5.91 Å². The maximum absolute atomic E-state index is 13.3. The highest BCUT2D eigenvalue weighted by Crippen LogP contribution is 2.23. The van der Waals surface area contributed by atoms with Crippen molar-refractivity contribution in [3.63, 3.8) is 0 Å². The molecule has 0 saturated carbocycles. The van der Waals surface area contributed by atoms with E-state index in [2.05, 4.69) is 12.2 Å². The highest BCUT2D eigenvalue weighted by molar-refractivity contribution is 5.91. The molecule has 0 aliphatic heterocycles. The van der Waals surface area contributed by atoms with Crippen LogP contribution in [0.4, 0.5) is 0 Å². The van der Waals surface area contributed by atoms with Crippen molar-refractivity contribution >= 4 is 29.6 Å². The molecule has 0 heterocycles. The Balaban J connectivity index is 1.91. The Hall–Kier alpha value is -4.21. The van der Waals surface area contributed by atoms with Crippen LogP contribution in [0.2, 0.25) is 0 Å². The minimum atomic E-state index is -1.57. The summed E-state index contributed by atoms with van der Waals surface area (Å²) in [7, 11) is 0. The van der Waals surface area contributed by atoms with Crippen molar-refractivity contribution in [3.8, 4) is 5.75 Å². The number of hydrogen-bond donors (Lipinski definition) is 4. The molecular weight excluding hydrogens is 602 g/mol. The Kier molecular flexibility index (Phi) is 18.5. The summed E-state index contributed by atoms with van der Waals surface area (Å²) in [6.07, 6.45) is 18.5. The Morgan fingerprint density at radius 1 is 0.894 bits per heavy atom. The van der Waals surface area contributed by atoms with Gasteiger partial charge in [-0.15, -0.1) is 0 Å². The number of allylic oxidation sites excluding steroid dienone is 2. The van der Waals surface area contributed by atoms with Gasteiger partial charge in [-0.2, -0.15) is 0 Å². The molecule has 1 aromatic carbocycles. The monoisotopic (exact) mass is 653 g/mol. The van der Waals surface area contributed by atoms with Crippen molar-refractivity contribution in [2.24, 2.45) is 11.8 Å². The van der Waals surface area contributed by atoms with Crippen molar-refractivity contribution < 1.29 is 44.0 Å². The first-order chi connectivity index (χ1) is 22.6. The van der Waals surface area contributed by atoms with Gasteiger partial charge < -0.3 is 25.4 Å². The maximum Gasteiger partial charge on any atom is 0.326 e. The van der Waals surface area contributed by atoms with E-state index in [0.29, 0.717) is 42.8 Å². The van der Waals surface area contributed by atoms with Crippen molar-refractivity contribution in [2.45, 2.75) is 115 Å². The SMILES string of the molecule is CCCCCCCC(=O)CCCCCC/C=C/[C@H](C(=O)N[C@@H](CC1=CCC(Oc2ccccc2)C=C1)C(=O)O)C(CC(=O)O)C(=O)O. The third kappa shape index (κ3) is 16.3. The molecule has 0 radical (unpaired) electrons. The second-order valence-electron chi connectivity index (χ2n) is 12.1. The molecule has 1 aliphatic carbocycles. The van der Waals surface area contributed by atoms with Crippen LogP contribution >= 0.6 is 0 Å². The molecule has 0 aromatic heterocycles. The van der Waals surface area contributed by atoms with E-state index in [1.165, 1.54) is 25.3 Å². The van der Waals surface area contributed by atoms with Crippen LogP contribution in [0.5, 0.6) is 5.75 Å². The number of benzene rings is 1. The number of hydrogen-bond acceptors (Lipinski definition) is 6. The average Bonchev–Trinajstić information content (AvgIpc) is 3.03. The lowest BCUT2D eigenvalue weighted by Gasteiger charge is -2.23. The number of rotatable bonds is 25. The standard InChI is InChI=1S/C37H51NO9/c1-2-3-4-7-11-16-28(39)17-12-8-5-6-9-15-20-31(32(36(43)44)26-34(40)41)35(42)38-33(37(45)46)25-27-21-23-30(24-22-27)47-29-18-13-10-14-19-29/h10,13-15,18-23,30-33H,2-9,11-12,16-17,24-26H2,1H3,(H,38,42)(H,40,41)(H,43,44)(H,45,46)/b20-15+/t30?,31-,32?,33-/m0/s1. The Labute approximate surface area is 278 Å². The second-order valence-corrected chi connectivity index (χ2v) is 12.1. The van der Waals surface area contributed by atoms with Crippen LogP contribution in [0.1, 0.15) is 103 Å². The van der Waals surface area contributed by atoms with Crippen molar-refractivity contribution in [2.75, 3.05) is 0 Å². The summed E-state index contributed by atoms with van der Waals surface area (Å²) in [4.78, 5) is 60.9. The summed E-state index contributed by atoms with van der Waals surface area (Å²) < 4.78 is 5.90. The zero-order chi connectivity index (χ0) is 34.4. The van der Waals surface area contributed by atoms with E-state index in [4.69, 9.17) is 4.74 Å². The lowest BCUT2D eigenvalue weighted by Crippen LogP contribution is -2.46. The van der Waals surface area contributed by atoms with Crippen LogP contribution in [0.15, 0.2) is 66.3 Å². The molecule has 10 heteroatoms. The number of amides is 1.